The first kappa shape index (κ1) is 20.6. The second-order valence-electron chi connectivity index (χ2n) is 7.95. The summed E-state index contributed by atoms with van der Waals surface area (Å²) < 4.78 is 43.9. The number of rotatable bonds is 7. The van der Waals surface area contributed by atoms with Crippen molar-refractivity contribution in [1.82, 2.24) is 0 Å². The van der Waals surface area contributed by atoms with Gasteiger partial charge in [-0.25, -0.2) is 0 Å². The van der Waals surface area contributed by atoms with Gasteiger partial charge in [-0.05, 0) is 48.2 Å². The van der Waals surface area contributed by atoms with Gasteiger partial charge in [0.15, 0.2) is 5.78 Å². The van der Waals surface area contributed by atoms with Crippen LogP contribution < -0.4 is 5.32 Å². The van der Waals surface area contributed by atoms with Crippen LogP contribution in [0.5, 0.6) is 0 Å². The van der Waals surface area contributed by atoms with Gasteiger partial charge in [0.1, 0.15) is 12.8 Å². The topological polar surface area (TPSA) is 50.7 Å². The van der Waals surface area contributed by atoms with Crippen molar-refractivity contribution in [2.24, 2.45) is 4.99 Å². The molecule has 1 unspecified atom stereocenters. The van der Waals surface area contributed by atoms with Crippen molar-refractivity contribution in [2.75, 3.05) is 18.6 Å². The fraction of sp³-hybridized carbons (Fsp3) is 0.391. The standard InChI is InChI=1S/C23H23F3N2O2/c24-23(25,26)18-6-4-17(5-7-18)22(10-1-11-22)12-20(29)13-28-19-8-2-16(3-9-19)21-14-27-15-30-21/h2-9,14,21,28H,1,10-13,15H2. The number of carbonyl (C=O) groups is 1. The van der Waals surface area contributed by atoms with Crippen LogP contribution in [0.25, 0.3) is 0 Å². The molecule has 0 amide bonds. The van der Waals surface area contributed by atoms with Gasteiger partial charge in [-0.1, -0.05) is 30.7 Å². The summed E-state index contributed by atoms with van der Waals surface area (Å²) in [5.74, 6) is 0.0462. The van der Waals surface area contributed by atoms with Crippen molar-refractivity contribution < 1.29 is 22.7 Å². The van der Waals surface area contributed by atoms with E-state index in [1.807, 2.05) is 24.3 Å². The minimum atomic E-state index is -4.35. The summed E-state index contributed by atoms with van der Waals surface area (Å²) >= 11 is 0. The molecule has 0 spiro atoms. The summed E-state index contributed by atoms with van der Waals surface area (Å²) in [7, 11) is 0. The monoisotopic (exact) mass is 416 g/mol. The minimum absolute atomic E-state index is 0.0462. The predicted molar refractivity (Wildman–Crippen MR) is 109 cm³/mol. The van der Waals surface area contributed by atoms with Crippen LogP contribution in [0.4, 0.5) is 18.9 Å². The molecule has 4 nitrogen and oxygen atoms in total. The number of benzene rings is 2. The average molecular weight is 416 g/mol. The summed E-state index contributed by atoms with van der Waals surface area (Å²) in [5, 5.41) is 3.14. The van der Waals surface area contributed by atoms with E-state index in [4.69, 9.17) is 4.74 Å². The van der Waals surface area contributed by atoms with E-state index in [-0.39, 0.29) is 23.8 Å². The van der Waals surface area contributed by atoms with Crippen LogP contribution >= 0.6 is 0 Å². The second-order valence-corrected chi connectivity index (χ2v) is 7.95. The van der Waals surface area contributed by atoms with E-state index in [2.05, 4.69) is 10.3 Å². The number of nitrogens with zero attached hydrogens (tertiary/aromatic N) is 1. The van der Waals surface area contributed by atoms with Crippen molar-refractivity contribution in [3.8, 4) is 0 Å². The highest BCUT2D eigenvalue weighted by Crippen LogP contribution is 2.47. The molecular weight excluding hydrogens is 393 g/mol. The van der Waals surface area contributed by atoms with Crippen LogP contribution in [0, 0.1) is 0 Å². The van der Waals surface area contributed by atoms with Gasteiger partial charge in [-0.2, -0.15) is 13.2 Å². The Hall–Kier alpha value is -2.67. The van der Waals surface area contributed by atoms with E-state index in [0.29, 0.717) is 13.2 Å². The lowest BCUT2D eigenvalue weighted by molar-refractivity contribution is -0.137. The van der Waals surface area contributed by atoms with Crippen LogP contribution in [0.1, 0.15) is 48.5 Å². The van der Waals surface area contributed by atoms with Crippen molar-refractivity contribution in [1.29, 1.82) is 0 Å². The first-order valence-electron chi connectivity index (χ1n) is 10.0. The molecule has 1 aliphatic heterocycles. The first-order valence-corrected chi connectivity index (χ1v) is 10.0. The summed E-state index contributed by atoms with van der Waals surface area (Å²) in [6.07, 6.45) is 0.250. The van der Waals surface area contributed by atoms with Crippen LogP contribution in [0.15, 0.2) is 53.5 Å². The molecule has 7 heteroatoms. The molecule has 1 aliphatic carbocycles. The van der Waals surface area contributed by atoms with Crippen LogP contribution in [0.2, 0.25) is 0 Å². The molecular formula is C23H23F3N2O2. The van der Waals surface area contributed by atoms with Gasteiger partial charge < -0.3 is 10.1 Å². The van der Waals surface area contributed by atoms with Crippen molar-refractivity contribution in [2.45, 2.75) is 43.4 Å². The molecule has 1 atom stereocenters. The maximum absolute atomic E-state index is 12.8. The lowest BCUT2D eigenvalue weighted by atomic mass is 9.62. The van der Waals surface area contributed by atoms with Crippen LogP contribution in [-0.2, 0) is 21.1 Å². The Bertz CT molecular complexity index is 917. The van der Waals surface area contributed by atoms with E-state index in [0.717, 1.165) is 48.2 Å². The first-order chi connectivity index (χ1) is 14.4. The quantitative estimate of drug-likeness (QED) is 0.667. The lowest BCUT2D eigenvalue weighted by Gasteiger charge is -2.42. The molecule has 4 rings (SSSR count). The van der Waals surface area contributed by atoms with Gasteiger partial charge >= 0.3 is 6.18 Å². The fourth-order valence-electron chi connectivity index (χ4n) is 4.10. The Kier molecular flexibility index (Phi) is 5.64. The van der Waals surface area contributed by atoms with E-state index in [1.165, 1.54) is 12.1 Å². The van der Waals surface area contributed by atoms with Gasteiger partial charge in [0.25, 0.3) is 0 Å². The molecule has 0 aromatic heterocycles. The molecule has 1 saturated carbocycles. The number of halogens is 3. The Morgan fingerprint density at radius 1 is 1.10 bits per heavy atom. The number of alkyl halides is 3. The largest absolute Gasteiger partial charge is 0.416 e. The van der Waals surface area contributed by atoms with E-state index >= 15 is 0 Å². The number of hydrogen-bond acceptors (Lipinski definition) is 4. The number of anilines is 1. The molecule has 0 saturated heterocycles. The van der Waals surface area contributed by atoms with E-state index in [1.54, 1.807) is 6.21 Å². The molecule has 0 bridgehead atoms. The Morgan fingerprint density at radius 3 is 2.33 bits per heavy atom. The van der Waals surface area contributed by atoms with Crippen molar-refractivity contribution in [3.63, 3.8) is 0 Å². The maximum Gasteiger partial charge on any atom is 0.416 e. The van der Waals surface area contributed by atoms with Crippen LogP contribution in [-0.4, -0.2) is 25.3 Å². The number of hydrogen-bond donors (Lipinski definition) is 1. The highest BCUT2D eigenvalue weighted by molar-refractivity contribution is 5.84. The zero-order chi connectivity index (χ0) is 21.2. The number of ketones is 1. The van der Waals surface area contributed by atoms with Crippen LogP contribution in [0.3, 0.4) is 0 Å². The van der Waals surface area contributed by atoms with Gasteiger partial charge in [-0.15, -0.1) is 0 Å². The highest BCUT2D eigenvalue weighted by Gasteiger charge is 2.40. The van der Waals surface area contributed by atoms with Gasteiger partial charge in [-0.3, -0.25) is 9.79 Å². The van der Waals surface area contributed by atoms with E-state index < -0.39 is 11.7 Å². The molecule has 1 fully saturated rings. The number of carbonyl (C=O) groups excluding carboxylic acids is 1. The molecule has 1 N–H and O–H groups in total. The zero-order valence-electron chi connectivity index (χ0n) is 16.4. The smallest absolute Gasteiger partial charge is 0.378 e. The Balaban J connectivity index is 1.35. The zero-order valence-corrected chi connectivity index (χ0v) is 16.4. The SMILES string of the molecule is O=C(CNc1ccc(C2C=NCO2)cc1)CC1(c2ccc(C(F)(F)F)cc2)CCC1. The molecule has 2 aromatic carbocycles. The van der Waals surface area contributed by atoms with Crippen molar-refractivity contribution >= 4 is 17.7 Å². The Labute approximate surface area is 173 Å². The molecule has 30 heavy (non-hydrogen) atoms. The molecule has 0 radical (unpaired) electrons. The Morgan fingerprint density at radius 2 is 1.80 bits per heavy atom. The summed E-state index contributed by atoms with van der Waals surface area (Å²) in [6.45, 7) is 0.559. The maximum atomic E-state index is 12.8. The summed E-state index contributed by atoms with van der Waals surface area (Å²) in [5.41, 5.74) is 1.65. The highest BCUT2D eigenvalue weighted by atomic mass is 19.4. The third-order valence-corrected chi connectivity index (χ3v) is 5.97. The molecule has 2 aromatic rings. The number of Topliss-reactive ketones (excluding diaryl/α,β-unsaturated/α-hetero) is 1. The van der Waals surface area contributed by atoms with Gasteiger partial charge in [0.05, 0.1) is 12.1 Å². The number of aliphatic imine (C=N–C) groups is 1. The minimum Gasteiger partial charge on any atom is -0.378 e. The molecule has 1 heterocycles. The summed E-state index contributed by atoms with van der Waals surface area (Å²) in [4.78, 5) is 16.7. The van der Waals surface area contributed by atoms with E-state index in [9.17, 15) is 18.0 Å². The van der Waals surface area contributed by atoms with Gasteiger partial charge in [0, 0.05) is 23.7 Å². The average Bonchev–Trinajstić information content (AvgIpc) is 3.24. The van der Waals surface area contributed by atoms with Crippen molar-refractivity contribution in [3.05, 3.63) is 65.2 Å². The summed E-state index contributed by atoms with van der Waals surface area (Å²) in [6, 6.07) is 12.9. The predicted octanol–water partition coefficient (Wildman–Crippen LogP) is 5.30. The number of nitrogens with one attached hydrogen (secondary N) is 1. The normalized spacial score (nSPS) is 20.0. The third-order valence-electron chi connectivity index (χ3n) is 5.97. The lowest BCUT2D eigenvalue weighted by Crippen LogP contribution is -2.38. The third kappa shape index (κ3) is 4.41. The molecule has 2 aliphatic rings. The number of ether oxygens (including phenoxy) is 1. The molecule has 158 valence electrons. The van der Waals surface area contributed by atoms with Gasteiger partial charge in [0.2, 0.25) is 0 Å². The fourth-order valence-corrected chi connectivity index (χ4v) is 4.10. The second kappa shape index (κ2) is 8.22.